The lowest BCUT2D eigenvalue weighted by molar-refractivity contribution is -0.385. The SMILES string of the molecule is Cc1c(C(=O)O)cc(F)cc1[N+](=O)[O-].Cc1c(C=O)cc(F)cc1[N+](=O)[O-]. The number of rotatable bonds is 4. The molecule has 0 spiro atoms. The molecule has 0 fully saturated rings. The number of aromatic carboxylic acids is 1. The Morgan fingerprint density at radius 1 is 0.963 bits per heavy atom. The van der Waals surface area contributed by atoms with Crippen molar-refractivity contribution >= 4 is 23.6 Å². The molecule has 0 bridgehead atoms. The number of benzene rings is 2. The first-order chi connectivity index (χ1) is 12.5. The molecular weight excluding hydrogens is 370 g/mol. The number of halogens is 2. The van der Waals surface area contributed by atoms with Crippen LogP contribution in [0.25, 0.3) is 0 Å². The number of hydrogen-bond donors (Lipinski definition) is 1. The van der Waals surface area contributed by atoms with Gasteiger partial charge in [-0.1, -0.05) is 0 Å². The van der Waals surface area contributed by atoms with Crippen molar-refractivity contribution in [1.29, 1.82) is 0 Å². The minimum absolute atomic E-state index is 0.00620. The van der Waals surface area contributed by atoms with Crippen LogP contribution in [0.3, 0.4) is 0 Å². The van der Waals surface area contributed by atoms with Crippen LogP contribution in [0.1, 0.15) is 31.8 Å². The number of carbonyl (C=O) groups is 2. The van der Waals surface area contributed by atoms with Crippen LogP contribution in [0.15, 0.2) is 24.3 Å². The standard InChI is InChI=1S/C8H6FNO4.C8H6FNO3/c1-4-6(8(11)12)2-5(9)3-7(4)10(13)14;1-5-6(4-11)2-7(9)3-8(5)10(12)13/h2-3H,1H3,(H,11,12);2-4H,1H3. The fraction of sp³-hybridized carbons (Fsp3) is 0.125. The van der Waals surface area contributed by atoms with E-state index >= 15 is 0 Å². The Morgan fingerprint density at radius 2 is 1.41 bits per heavy atom. The van der Waals surface area contributed by atoms with Gasteiger partial charge in [0.15, 0.2) is 6.29 Å². The highest BCUT2D eigenvalue weighted by Gasteiger charge is 2.19. The Labute approximate surface area is 150 Å². The summed E-state index contributed by atoms with van der Waals surface area (Å²) in [5, 5.41) is 29.4. The predicted octanol–water partition coefficient (Wildman–Crippen LogP) is 3.60. The second-order valence-electron chi connectivity index (χ2n) is 5.17. The molecule has 0 saturated heterocycles. The maximum Gasteiger partial charge on any atom is 0.336 e. The van der Waals surface area contributed by atoms with Gasteiger partial charge in [0.2, 0.25) is 0 Å². The average molecular weight is 382 g/mol. The van der Waals surface area contributed by atoms with E-state index in [1.54, 1.807) is 0 Å². The van der Waals surface area contributed by atoms with E-state index in [4.69, 9.17) is 5.11 Å². The maximum atomic E-state index is 12.8. The van der Waals surface area contributed by atoms with Crippen molar-refractivity contribution in [2.75, 3.05) is 0 Å². The van der Waals surface area contributed by atoms with Crippen LogP contribution in [-0.4, -0.2) is 27.2 Å². The summed E-state index contributed by atoms with van der Waals surface area (Å²) in [7, 11) is 0. The van der Waals surface area contributed by atoms with Crippen LogP contribution in [0, 0.1) is 45.7 Å². The molecule has 2 aromatic rings. The third-order valence-corrected chi connectivity index (χ3v) is 3.48. The molecule has 0 radical (unpaired) electrons. The van der Waals surface area contributed by atoms with Crippen LogP contribution in [0.4, 0.5) is 20.2 Å². The summed E-state index contributed by atoms with van der Waals surface area (Å²) in [5.74, 6) is -3.09. The number of hydrogen-bond acceptors (Lipinski definition) is 6. The molecule has 11 heteroatoms. The van der Waals surface area contributed by atoms with Gasteiger partial charge in [-0.05, 0) is 26.0 Å². The molecule has 1 N–H and O–H groups in total. The summed E-state index contributed by atoms with van der Waals surface area (Å²) in [5.41, 5.74) is -1.15. The topological polar surface area (TPSA) is 141 Å². The van der Waals surface area contributed by atoms with Gasteiger partial charge in [0.25, 0.3) is 11.4 Å². The molecule has 0 unspecified atom stereocenters. The van der Waals surface area contributed by atoms with Crippen LogP contribution < -0.4 is 0 Å². The number of nitrogens with zero attached hydrogens (tertiary/aromatic N) is 2. The second-order valence-corrected chi connectivity index (χ2v) is 5.17. The highest BCUT2D eigenvalue weighted by atomic mass is 19.1. The molecule has 9 nitrogen and oxygen atoms in total. The summed E-state index contributed by atoms with van der Waals surface area (Å²) in [6.45, 7) is 2.67. The predicted molar refractivity (Wildman–Crippen MR) is 87.9 cm³/mol. The zero-order chi connectivity index (χ0) is 20.9. The first-order valence-corrected chi connectivity index (χ1v) is 7.07. The van der Waals surface area contributed by atoms with E-state index in [1.165, 1.54) is 13.8 Å². The Kier molecular flexibility index (Phi) is 6.75. The second kappa shape index (κ2) is 8.56. The Hall–Kier alpha value is -3.76. The number of carboxylic acid groups (broad SMARTS) is 1. The molecule has 0 saturated carbocycles. The Balaban J connectivity index is 0.000000271. The van der Waals surface area contributed by atoms with Gasteiger partial charge in [0, 0.05) is 16.7 Å². The third-order valence-electron chi connectivity index (χ3n) is 3.48. The van der Waals surface area contributed by atoms with Gasteiger partial charge in [-0.3, -0.25) is 25.0 Å². The van der Waals surface area contributed by atoms with Gasteiger partial charge < -0.3 is 5.11 Å². The first kappa shape index (κ1) is 21.3. The van der Waals surface area contributed by atoms with Gasteiger partial charge in [-0.15, -0.1) is 0 Å². The van der Waals surface area contributed by atoms with Gasteiger partial charge in [-0.25, -0.2) is 13.6 Å². The summed E-state index contributed by atoms with van der Waals surface area (Å²) in [6.07, 6.45) is 0.394. The van der Waals surface area contributed by atoms with Crippen molar-refractivity contribution < 1.29 is 33.3 Å². The van der Waals surface area contributed by atoms with Gasteiger partial charge in [0.1, 0.15) is 11.6 Å². The summed E-state index contributed by atoms with van der Waals surface area (Å²) in [6, 6.07) is 3.21. The van der Waals surface area contributed by atoms with Gasteiger partial charge in [-0.2, -0.15) is 0 Å². The monoisotopic (exact) mass is 382 g/mol. The first-order valence-electron chi connectivity index (χ1n) is 7.07. The molecule has 0 heterocycles. The van der Waals surface area contributed by atoms with Crippen LogP contribution in [0.5, 0.6) is 0 Å². The number of nitro groups is 2. The normalized spacial score (nSPS) is 9.78. The minimum atomic E-state index is -1.38. The average Bonchev–Trinajstić information content (AvgIpc) is 2.58. The number of aldehydes is 1. The van der Waals surface area contributed by atoms with Crippen LogP contribution in [0.2, 0.25) is 0 Å². The van der Waals surface area contributed by atoms with Crippen LogP contribution >= 0.6 is 0 Å². The quantitative estimate of drug-likeness (QED) is 0.484. The fourth-order valence-electron chi connectivity index (χ4n) is 2.07. The largest absolute Gasteiger partial charge is 0.478 e. The highest BCUT2D eigenvalue weighted by molar-refractivity contribution is 5.90. The van der Waals surface area contributed by atoms with Gasteiger partial charge >= 0.3 is 5.97 Å². The number of nitro benzene ring substituents is 2. The minimum Gasteiger partial charge on any atom is -0.478 e. The molecule has 0 aliphatic carbocycles. The molecular formula is C16H12F2N2O7. The molecule has 0 aliphatic rings. The van der Waals surface area contributed by atoms with Crippen molar-refractivity contribution in [3.8, 4) is 0 Å². The van der Waals surface area contributed by atoms with E-state index < -0.39 is 38.7 Å². The van der Waals surface area contributed by atoms with Crippen molar-refractivity contribution in [2.24, 2.45) is 0 Å². The van der Waals surface area contributed by atoms with E-state index in [0.29, 0.717) is 12.4 Å². The fourth-order valence-corrected chi connectivity index (χ4v) is 2.07. The smallest absolute Gasteiger partial charge is 0.336 e. The van der Waals surface area contributed by atoms with E-state index in [1.807, 2.05) is 0 Å². The molecule has 0 aromatic heterocycles. The van der Waals surface area contributed by atoms with Crippen molar-refractivity contribution in [1.82, 2.24) is 0 Å². The summed E-state index contributed by atoms with van der Waals surface area (Å²) in [4.78, 5) is 40.2. The van der Waals surface area contributed by atoms with E-state index in [9.17, 15) is 38.6 Å². The maximum absolute atomic E-state index is 12.8. The molecule has 0 amide bonds. The zero-order valence-electron chi connectivity index (χ0n) is 13.9. The molecule has 2 aromatic carbocycles. The summed E-state index contributed by atoms with van der Waals surface area (Å²) < 4.78 is 25.5. The lowest BCUT2D eigenvalue weighted by Crippen LogP contribution is -2.04. The molecule has 0 aliphatic heterocycles. The number of carboxylic acids is 1. The van der Waals surface area contributed by atoms with Crippen molar-refractivity contribution in [3.63, 3.8) is 0 Å². The third kappa shape index (κ3) is 5.11. The highest BCUT2D eigenvalue weighted by Crippen LogP contribution is 2.23. The lowest BCUT2D eigenvalue weighted by Gasteiger charge is -2.01. The van der Waals surface area contributed by atoms with E-state index in [2.05, 4.69) is 0 Å². The molecule has 142 valence electrons. The Bertz CT molecular complexity index is 910. The summed E-state index contributed by atoms with van der Waals surface area (Å²) >= 11 is 0. The lowest BCUT2D eigenvalue weighted by atomic mass is 10.1. The van der Waals surface area contributed by atoms with Gasteiger partial charge in [0.05, 0.1) is 27.5 Å². The van der Waals surface area contributed by atoms with Crippen molar-refractivity contribution in [2.45, 2.75) is 13.8 Å². The van der Waals surface area contributed by atoms with Crippen LogP contribution in [-0.2, 0) is 0 Å². The Morgan fingerprint density at radius 3 is 1.81 bits per heavy atom. The molecule has 0 atom stereocenters. The zero-order valence-corrected chi connectivity index (χ0v) is 13.9. The van der Waals surface area contributed by atoms with Crippen molar-refractivity contribution in [3.05, 3.63) is 78.4 Å². The van der Waals surface area contributed by atoms with E-state index in [-0.39, 0.29) is 22.4 Å². The molecule has 2 rings (SSSR count). The molecule has 27 heavy (non-hydrogen) atoms. The van der Waals surface area contributed by atoms with E-state index in [0.717, 1.165) is 18.2 Å². The number of carbonyl (C=O) groups excluding carboxylic acids is 1.